The van der Waals surface area contributed by atoms with Crippen LogP contribution in [0.5, 0.6) is 5.75 Å². The molecular weight excluding hydrogens is 445 g/mol. The third-order valence-corrected chi connectivity index (χ3v) is 4.87. The fraction of sp³-hybridized carbons (Fsp3) is 0.273. The van der Waals surface area contributed by atoms with E-state index in [1.54, 1.807) is 36.4 Å². The number of nitrogens with zero attached hydrogens (tertiary/aromatic N) is 2. The van der Waals surface area contributed by atoms with Gasteiger partial charge in [-0.25, -0.2) is 4.98 Å². The third-order valence-electron chi connectivity index (χ3n) is 4.54. The van der Waals surface area contributed by atoms with E-state index >= 15 is 0 Å². The molecule has 0 aliphatic heterocycles. The molecule has 0 saturated heterocycles. The van der Waals surface area contributed by atoms with Crippen LogP contribution in [-0.2, 0) is 0 Å². The molecule has 0 unspecified atom stereocenters. The Balaban J connectivity index is 2.02. The largest absolute Gasteiger partial charge is 0.573 e. The zero-order valence-electron chi connectivity index (χ0n) is 17.3. The summed E-state index contributed by atoms with van der Waals surface area (Å²) in [6.45, 7) is 3.71. The van der Waals surface area contributed by atoms with Crippen LogP contribution < -0.4 is 15.4 Å². The van der Waals surface area contributed by atoms with Crippen LogP contribution in [0.25, 0.3) is 11.3 Å². The molecule has 10 heteroatoms. The molecule has 0 aliphatic rings. The molecule has 0 bridgehead atoms. The van der Waals surface area contributed by atoms with Gasteiger partial charge in [0.15, 0.2) is 0 Å². The lowest BCUT2D eigenvalue weighted by molar-refractivity contribution is -0.274. The summed E-state index contributed by atoms with van der Waals surface area (Å²) in [7, 11) is 0. The first-order valence-corrected chi connectivity index (χ1v) is 10.2. The van der Waals surface area contributed by atoms with E-state index in [9.17, 15) is 18.3 Å². The highest BCUT2D eigenvalue weighted by Crippen LogP contribution is 2.30. The molecule has 0 saturated carbocycles. The summed E-state index contributed by atoms with van der Waals surface area (Å²) in [5.74, 6) is 0.287. The van der Waals surface area contributed by atoms with E-state index in [2.05, 4.69) is 25.3 Å². The molecule has 3 aromatic rings. The van der Waals surface area contributed by atoms with E-state index in [0.29, 0.717) is 27.8 Å². The fourth-order valence-electron chi connectivity index (χ4n) is 2.87. The Morgan fingerprint density at radius 3 is 2.47 bits per heavy atom. The van der Waals surface area contributed by atoms with Gasteiger partial charge in [-0.2, -0.15) is 4.98 Å². The van der Waals surface area contributed by atoms with Crippen molar-refractivity contribution in [1.82, 2.24) is 9.97 Å². The summed E-state index contributed by atoms with van der Waals surface area (Å²) in [6, 6.07) is 13.8. The van der Waals surface area contributed by atoms with Crippen LogP contribution in [0.4, 0.5) is 30.6 Å². The minimum absolute atomic E-state index is 0.0794. The van der Waals surface area contributed by atoms with Crippen molar-refractivity contribution < 1.29 is 23.0 Å². The molecule has 3 N–H and O–H groups in total. The van der Waals surface area contributed by atoms with Gasteiger partial charge in [-0.3, -0.25) is 0 Å². The van der Waals surface area contributed by atoms with Gasteiger partial charge in [0, 0.05) is 11.6 Å². The molecule has 1 heterocycles. The molecule has 0 radical (unpaired) electrons. The van der Waals surface area contributed by atoms with E-state index in [-0.39, 0.29) is 30.3 Å². The lowest BCUT2D eigenvalue weighted by Gasteiger charge is -2.21. The maximum atomic E-state index is 12.6. The van der Waals surface area contributed by atoms with Gasteiger partial charge in [-0.05, 0) is 30.2 Å². The maximum Gasteiger partial charge on any atom is 0.573 e. The van der Waals surface area contributed by atoms with E-state index in [1.165, 1.54) is 18.2 Å². The number of halogens is 4. The minimum atomic E-state index is -4.81. The Labute approximate surface area is 188 Å². The predicted molar refractivity (Wildman–Crippen MR) is 118 cm³/mol. The normalized spacial score (nSPS) is 12.5. The van der Waals surface area contributed by atoms with Crippen LogP contribution in [-0.4, -0.2) is 34.1 Å². The van der Waals surface area contributed by atoms with Crippen molar-refractivity contribution >= 4 is 29.1 Å². The monoisotopic (exact) mass is 466 g/mol. The number of aliphatic hydroxyl groups excluding tert-OH is 1. The lowest BCUT2D eigenvalue weighted by Crippen LogP contribution is -2.30. The molecule has 1 aromatic heterocycles. The average molecular weight is 467 g/mol. The molecule has 1 atom stereocenters. The topological polar surface area (TPSA) is 79.3 Å². The van der Waals surface area contributed by atoms with E-state index in [4.69, 9.17) is 11.6 Å². The molecular formula is C22H22ClF3N4O2. The lowest BCUT2D eigenvalue weighted by atomic mass is 10.1. The minimum Gasteiger partial charge on any atom is -0.406 e. The van der Waals surface area contributed by atoms with Crippen LogP contribution in [0.15, 0.2) is 54.6 Å². The number of benzene rings is 2. The van der Waals surface area contributed by atoms with Gasteiger partial charge >= 0.3 is 6.36 Å². The predicted octanol–water partition coefficient (Wildman–Crippen LogP) is 5.87. The highest BCUT2D eigenvalue weighted by atomic mass is 35.5. The zero-order valence-corrected chi connectivity index (χ0v) is 18.1. The van der Waals surface area contributed by atoms with Gasteiger partial charge in [0.05, 0.1) is 29.1 Å². The second-order valence-electron chi connectivity index (χ2n) is 7.32. The molecule has 0 amide bonds. The standard InChI is InChI=1S/C22H22ClF3N4O2/c1-13(2)19(12-31)29-21-28-18(14-6-5-7-15(10-14)32-22(24,25)26)11-20(30-21)27-17-9-4-3-8-16(17)23/h3-11,13,19,31H,12H2,1-2H3,(H2,27,28,29,30)/t19-/m0/s1. The van der Waals surface area contributed by atoms with Gasteiger partial charge in [-0.15, -0.1) is 13.2 Å². The van der Waals surface area contributed by atoms with Crippen molar-refractivity contribution in [1.29, 1.82) is 0 Å². The average Bonchev–Trinajstić information content (AvgIpc) is 2.72. The molecule has 32 heavy (non-hydrogen) atoms. The van der Waals surface area contributed by atoms with Crippen LogP contribution in [0.1, 0.15) is 13.8 Å². The number of nitrogens with one attached hydrogen (secondary N) is 2. The Morgan fingerprint density at radius 1 is 1.06 bits per heavy atom. The highest BCUT2D eigenvalue weighted by Gasteiger charge is 2.31. The van der Waals surface area contributed by atoms with Gasteiger partial charge in [-0.1, -0.05) is 49.7 Å². The van der Waals surface area contributed by atoms with Crippen LogP contribution in [0.3, 0.4) is 0 Å². The number of anilines is 3. The quantitative estimate of drug-likeness (QED) is 0.385. The smallest absolute Gasteiger partial charge is 0.406 e. The summed E-state index contributed by atoms with van der Waals surface area (Å²) < 4.78 is 41.9. The van der Waals surface area contributed by atoms with Crippen molar-refractivity contribution in [2.24, 2.45) is 5.92 Å². The van der Waals surface area contributed by atoms with Gasteiger partial charge in [0.2, 0.25) is 5.95 Å². The number of alkyl halides is 3. The molecule has 3 rings (SSSR count). The number of ether oxygens (including phenoxy) is 1. The molecule has 0 fully saturated rings. The van der Waals surface area contributed by atoms with E-state index < -0.39 is 6.36 Å². The molecule has 170 valence electrons. The molecule has 2 aromatic carbocycles. The summed E-state index contributed by atoms with van der Waals surface area (Å²) in [5, 5.41) is 16.3. The van der Waals surface area contributed by atoms with Crippen molar-refractivity contribution in [2.45, 2.75) is 26.3 Å². The second-order valence-corrected chi connectivity index (χ2v) is 7.73. The van der Waals surface area contributed by atoms with E-state index in [1.807, 2.05) is 13.8 Å². The number of rotatable bonds is 8. The van der Waals surface area contributed by atoms with Crippen molar-refractivity contribution in [3.05, 3.63) is 59.6 Å². The summed E-state index contributed by atoms with van der Waals surface area (Å²) in [5.41, 5.74) is 1.34. The fourth-order valence-corrected chi connectivity index (χ4v) is 3.05. The Kier molecular flexibility index (Phi) is 7.42. The first kappa shape index (κ1) is 23.6. The maximum absolute atomic E-state index is 12.6. The Hall–Kier alpha value is -3.04. The van der Waals surface area contributed by atoms with Crippen molar-refractivity contribution in [3.63, 3.8) is 0 Å². The SMILES string of the molecule is CC(C)[C@H](CO)Nc1nc(Nc2ccccc2Cl)cc(-c2cccc(OC(F)(F)F)c2)n1. The zero-order chi connectivity index (χ0) is 23.3. The van der Waals surface area contributed by atoms with Crippen molar-refractivity contribution in [2.75, 3.05) is 17.2 Å². The first-order valence-electron chi connectivity index (χ1n) is 9.79. The Morgan fingerprint density at radius 2 is 1.81 bits per heavy atom. The van der Waals surface area contributed by atoms with Crippen molar-refractivity contribution in [3.8, 4) is 17.0 Å². The summed E-state index contributed by atoms with van der Waals surface area (Å²) in [6.07, 6.45) is -4.81. The number of hydrogen-bond acceptors (Lipinski definition) is 6. The number of aliphatic hydroxyl groups is 1. The number of para-hydroxylation sites is 1. The summed E-state index contributed by atoms with van der Waals surface area (Å²) in [4.78, 5) is 8.87. The molecule has 6 nitrogen and oxygen atoms in total. The van der Waals surface area contributed by atoms with Crippen LogP contribution in [0.2, 0.25) is 5.02 Å². The molecule has 0 spiro atoms. The van der Waals surface area contributed by atoms with Gasteiger partial charge < -0.3 is 20.5 Å². The number of aromatic nitrogens is 2. The van der Waals surface area contributed by atoms with E-state index in [0.717, 1.165) is 0 Å². The van der Waals surface area contributed by atoms with Gasteiger partial charge in [0.25, 0.3) is 0 Å². The first-order chi connectivity index (χ1) is 15.1. The third kappa shape index (κ3) is 6.48. The Bertz CT molecular complexity index is 1060. The van der Waals surface area contributed by atoms with Crippen LogP contribution in [0, 0.1) is 5.92 Å². The second kappa shape index (κ2) is 10.1. The van der Waals surface area contributed by atoms with Gasteiger partial charge in [0.1, 0.15) is 11.6 Å². The molecule has 0 aliphatic carbocycles. The summed E-state index contributed by atoms with van der Waals surface area (Å²) >= 11 is 6.22. The highest BCUT2D eigenvalue weighted by molar-refractivity contribution is 6.33. The number of hydrogen-bond donors (Lipinski definition) is 3. The van der Waals surface area contributed by atoms with Crippen LogP contribution >= 0.6 is 11.6 Å².